The second-order valence-electron chi connectivity index (χ2n) is 8.96. The van der Waals surface area contributed by atoms with E-state index in [2.05, 4.69) is 4.74 Å². The van der Waals surface area contributed by atoms with E-state index in [4.69, 9.17) is 4.74 Å². The van der Waals surface area contributed by atoms with Gasteiger partial charge in [-0.25, -0.2) is 4.39 Å². The highest BCUT2D eigenvalue weighted by molar-refractivity contribution is 6.08. The molecule has 0 amide bonds. The van der Waals surface area contributed by atoms with Gasteiger partial charge in [-0.1, -0.05) is 42.0 Å². The molecular weight excluding hydrogens is 439 g/mol. The predicted molar refractivity (Wildman–Crippen MR) is 122 cm³/mol. The van der Waals surface area contributed by atoms with Crippen molar-refractivity contribution in [1.29, 1.82) is 0 Å². The molecule has 2 saturated carbocycles. The molecule has 0 unspecified atom stereocenters. The van der Waals surface area contributed by atoms with E-state index >= 15 is 0 Å². The molecule has 2 aliphatic carbocycles. The first kappa shape index (κ1) is 25.3. The van der Waals surface area contributed by atoms with Gasteiger partial charge < -0.3 is 9.47 Å². The van der Waals surface area contributed by atoms with Gasteiger partial charge in [0.15, 0.2) is 11.6 Å². The molecule has 0 radical (unpaired) electrons. The van der Waals surface area contributed by atoms with Crippen LogP contribution >= 0.6 is 0 Å². The largest absolute Gasteiger partial charge is 0.468 e. The number of carbonyl (C=O) groups excluding carboxylic acids is 4. The zero-order valence-corrected chi connectivity index (χ0v) is 19.7. The number of esters is 2. The minimum absolute atomic E-state index is 0.0202. The summed E-state index contributed by atoms with van der Waals surface area (Å²) < 4.78 is 22.0. The van der Waals surface area contributed by atoms with Crippen LogP contribution in [0.15, 0.2) is 48.5 Å². The number of rotatable bonds is 8. The molecule has 0 aliphatic heterocycles. The number of carbonyl (C=O) groups is 4. The second-order valence-corrected chi connectivity index (χ2v) is 8.96. The van der Waals surface area contributed by atoms with Crippen molar-refractivity contribution in [2.75, 3.05) is 14.2 Å². The van der Waals surface area contributed by atoms with Crippen molar-refractivity contribution < 1.29 is 33.0 Å². The lowest BCUT2D eigenvalue weighted by Gasteiger charge is -2.11. The molecule has 180 valence electrons. The topological polar surface area (TPSA) is 86.7 Å². The van der Waals surface area contributed by atoms with Crippen molar-refractivity contribution >= 4 is 23.5 Å². The Labute approximate surface area is 198 Å². The van der Waals surface area contributed by atoms with Crippen LogP contribution in [0.5, 0.6) is 0 Å². The summed E-state index contributed by atoms with van der Waals surface area (Å²) in [5.74, 6) is -1.33. The third-order valence-electron chi connectivity index (χ3n) is 6.48. The number of Topliss-reactive ketones (excluding diaryl/α,β-unsaturated/α-hetero) is 2. The van der Waals surface area contributed by atoms with Crippen molar-refractivity contribution in [3.8, 4) is 0 Å². The van der Waals surface area contributed by atoms with E-state index in [0.717, 1.165) is 11.1 Å². The first-order valence-corrected chi connectivity index (χ1v) is 11.2. The van der Waals surface area contributed by atoms with Gasteiger partial charge in [0.1, 0.15) is 16.6 Å². The molecule has 6 nitrogen and oxygen atoms in total. The molecule has 2 fully saturated rings. The van der Waals surface area contributed by atoms with E-state index in [1.54, 1.807) is 12.1 Å². The summed E-state index contributed by atoms with van der Waals surface area (Å²) in [6.45, 7) is 2.00. The summed E-state index contributed by atoms with van der Waals surface area (Å²) in [4.78, 5) is 47.1. The van der Waals surface area contributed by atoms with Crippen LogP contribution in [0.1, 0.15) is 42.4 Å². The second kappa shape index (κ2) is 10.3. The van der Waals surface area contributed by atoms with E-state index in [0.29, 0.717) is 37.7 Å². The molecule has 2 aromatic carbocycles. The van der Waals surface area contributed by atoms with Gasteiger partial charge in [-0.2, -0.15) is 0 Å². The van der Waals surface area contributed by atoms with Crippen molar-refractivity contribution in [2.24, 2.45) is 10.8 Å². The Balaban J connectivity index is 0.000000191. The van der Waals surface area contributed by atoms with Gasteiger partial charge in [-0.05, 0) is 55.9 Å². The first-order chi connectivity index (χ1) is 16.2. The Hall–Kier alpha value is -3.35. The summed E-state index contributed by atoms with van der Waals surface area (Å²) in [5, 5.41) is 0. The van der Waals surface area contributed by atoms with Crippen LogP contribution in [-0.4, -0.2) is 37.7 Å². The van der Waals surface area contributed by atoms with Gasteiger partial charge in [0.05, 0.1) is 14.2 Å². The van der Waals surface area contributed by atoms with Crippen LogP contribution in [0.3, 0.4) is 0 Å². The van der Waals surface area contributed by atoms with Gasteiger partial charge in [0, 0.05) is 12.8 Å². The molecule has 2 aliphatic rings. The fourth-order valence-corrected chi connectivity index (χ4v) is 3.85. The van der Waals surface area contributed by atoms with Crippen molar-refractivity contribution in [1.82, 2.24) is 0 Å². The summed E-state index contributed by atoms with van der Waals surface area (Å²) in [5.41, 5.74) is 1.07. The Morgan fingerprint density at radius 3 is 1.38 bits per heavy atom. The van der Waals surface area contributed by atoms with Crippen LogP contribution in [0.25, 0.3) is 0 Å². The minimum Gasteiger partial charge on any atom is -0.468 e. The third kappa shape index (κ3) is 5.58. The number of ketones is 2. The van der Waals surface area contributed by atoms with Crippen molar-refractivity contribution in [3.63, 3.8) is 0 Å². The summed E-state index contributed by atoms with van der Waals surface area (Å²) in [7, 11) is 2.62. The lowest BCUT2D eigenvalue weighted by atomic mass is 9.95. The fourth-order valence-electron chi connectivity index (χ4n) is 3.85. The summed E-state index contributed by atoms with van der Waals surface area (Å²) >= 11 is 0. The molecule has 34 heavy (non-hydrogen) atoms. The molecule has 0 aromatic heterocycles. The molecule has 2 aromatic rings. The van der Waals surface area contributed by atoms with E-state index in [1.807, 2.05) is 31.2 Å². The summed E-state index contributed by atoms with van der Waals surface area (Å²) in [6.07, 6.45) is 2.83. The highest BCUT2D eigenvalue weighted by Crippen LogP contribution is 2.49. The highest BCUT2D eigenvalue weighted by Gasteiger charge is 2.57. The van der Waals surface area contributed by atoms with Crippen LogP contribution < -0.4 is 0 Å². The van der Waals surface area contributed by atoms with Crippen LogP contribution in [0, 0.1) is 23.6 Å². The molecule has 4 rings (SSSR count). The monoisotopic (exact) mass is 468 g/mol. The quantitative estimate of drug-likeness (QED) is 0.431. The average Bonchev–Trinajstić information content (AvgIpc) is 3.75. The maximum atomic E-state index is 12.7. The molecule has 0 heterocycles. The standard InChI is InChI=1S/C14H16O3.C13H13FO3/c1-10-3-5-11(6-4-10)9-12(15)14(7-8-14)13(16)17-2;1-17-12(16)13(6-7-13)11(15)8-9-2-4-10(14)5-3-9/h3-6H,7-9H2,1-2H3;2-5H,6-8H2,1H3. The zero-order chi connectivity index (χ0) is 24.9. The number of halogens is 1. The van der Waals surface area contributed by atoms with E-state index in [9.17, 15) is 23.6 Å². The van der Waals surface area contributed by atoms with E-state index < -0.39 is 16.8 Å². The average molecular weight is 469 g/mol. The number of benzene rings is 2. The summed E-state index contributed by atoms with van der Waals surface area (Å²) in [6, 6.07) is 13.5. The number of aryl methyl sites for hydroxylation is 1. The highest BCUT2D eigenvalue weighted by atomic mass is 19.1. The Kier molecular flexibility index (Phi) is 7.64. The molecule has 0 saturated heterocycles. The molecule has 0 bridgehead atoms. The number of hydrogen-bond acceptors (Lipinski definition) is 6. The van der Waals surface area contributed by atoms with Gasteiger partial charge in [-0.3, -0.25) is 19.2 Å². The number of methoxy groups -OCH3 is 2. The third-order valence-corrected chi connectivity index (χ3v) is 6.48. The predicted octanol–water partition coefficient (Wildman–Crippen LogP) is 3.95. The lowest BCUT2D eigenvalue weighted by Crippen LogP contribution is -2.28. The van der Waals surface area contributed by atoms with Crippen LogP contribution in [0.2, 0.25) is 0 Å². The Morgan fingerprint density at radius 2 is 1.06 bits per heavy atom. The Morgan fingerprint density at radius 1 is 0.706 bits per heavy atom. The molecule has 7 heteroatoms. The lowest BCUT2D eigenvalue weighted by molar-refractivity contribution is -0.152. The fraction of sp³-hybridized carbons (Fsp3) is 0.407. The SMILES string of the molecule is COC(=O)C1(C(=O)Cc2ccc(C)cc2)CC1.COC(=O)C1(C(=O)Cc2ccc(F)cc2)CC1. The smallest absolute Gasteiger partial charge is 0.319 e. The van der Waals surface area contributed by atoms with Gasteiger partial charge >= 0.3 is 11.9 Å². The first-order valence-electron chi connectivity index (χ1n) is 11.2. The van der Waals surface area contributed by atoms with E-state index in [1.165, 1.54) is 26.4 Å². The zero-order valence-electron chi connectivity index (χ0n) is 19.7. The minimum atomic E-state index is -0.927. The number of hydrogen-bond donors (Lipinski definition) is 0. The molecule has 0 spiro atoms. The molecular formula is C27H29FO6. The van der Waals surface area contributed by atoms with Crippen LogP contribution in [-0.2, 0) is 41.5 Å². The van der Waals surface area contributed by atoms with Gasteiger partial charge in [0.25, 0.3) is 0 Å². The normalized spacial score (nSPS) is 16.4. The number of ether oxygens (including phenoxy) is 2. The van der Waals surface area contributed by atoms with Crippen molar-refractivity contribution in [3.05, 3.63) is 71.0 Å². The van der Waals surface area contributed by atoms with Gasteiger partial charge in [0.2, 0.25) is 0 Å². The van der Waals surface area contributed by atoms with E-state index in [-0.39, 0.29) is 29.8 Å². The Bertz CT molecular complexity index is 976. The van der Waals surface area contributed by atoms with Crippen molar-refractivity contribution in [2.45, 2.75) is 45.4 Å². The molecule has 0 N–H and O–H groups in total. The van der Waals surface area contributed by atoms with Gasteiger partial charge in [-0.15, -0.1) is 0 Å². The maximum absolute atomic E-state index is 12.7. The van der Waals surface area contributed by atoms with Crippen LogP contribution in [0.4, 0.5) is 4.39 Å². The maximum Gasteiger partial charge on any atom is 0.319 e. The molecule has 0 atom stereocenters.